The molecule has 2 aromatic rings. The summed E-state index contributed by atoms with van der Waals surface area (Å²) in [4.78, 5) is 9.04. The Morgan fingerprint density at radius 3 is 2.81 bits per heavy atom. The number of hydrogen-bond donors (Lipinski definition) is 3. The maximum Gasteiger partial charge on any atom is 0.121 e. The molecule has 2 heterocycles. The van der Waals surface area contributed by atoms with Crippen LogP contribution in [0, 0.1) is 0 Å². The van der Waals surface area contributed by atoms with E-state index in [1.54, 1.807) is 6.33 Å². The van der Waals surface area contributed by atoms with Gasteiger partial charge in [0.15, 0.2) is 0 Å². The molecule has 0 aliphatic carbocycles. The SMILES string of the molecule is CNCCCNCCCOc1ccc2c(C3CCNCC3)ncnc2c1. The minimum Gasteiger partial charge on any atom is -0.493 e. The number of ether oxygens (including phenoxy) is 1. The summed E-state index contributed by atoms with van der Waals surface area (Å²) >= 11 is 0. The van der Waals surface area contributed by atoms with Crippen molar-refractivity contribution in [3.63, 3.8) is 0 Å². The van der Waals surface area contributed by atoms with E-state index in [0.717, 1.165) is 81.7 Å². The number of aromatic nitrogens is 2. The van der Waals surface area contributed by atoms with Crippen LogP contribution in [-0.2, 0) is 0 Å². The van der Waals surface area contributed by atoms with Crippen molar-refractivity contribution in [2.24, 2.45) is 0 Å². The van der Waals surface area contributed by atoms with E-state index < -0.39 is 0 Å². The fraction of sp³-hybridized carbons (Fsp3) is 0.600. The summed E-state index contributed by atoms with van der Waals surface area (Å²) in [6.45, 7) is 5.95. The number of piperidine rings is 1. The molecule has 1 aliphatic rings. The highest BCUT2D eigenvalue weighted by Crippen LogP contribution is 2.30. The fourth-order valence-electron chi connectivity index (χ4n) is 3.47. The molecular weight excluding hydrogens is 326 g/mol. The molecule has 1 aromatic heterocycles. The van der Waals surface area contributed by atoms with Crippen molar-refractivity contribution in [1.29, 1.82) is 0 Å². The third-order valence-corrected chi connectivity index (χ3v) is 4.91. The summed E-state index contributed by atoms with van der Waals surface area (Å²) in [6.07, 6.45) is 6.14. The molecule has 1 fully saturated rings. The Balaban J connectivity index is 1.51. The van der Waals surface area contributed by atoms with Gasteiger partial charge in [-0.05, 0) is 77.6 Å². The summed E-state index contributed by atoms with van der Waals surface area (Å²) in [5.41, 5.74) is 2.17. The number of benzene rings is 1. The van der Waals surface area contributed by atoms with Gasteiger partial charge < -0.3 is 20.7 Å². The van der Waals surface area contributed by atoms with Gasteiger partial charge in [0.2, 0.25) is 0 Å². The van der Waals surface area contributed by atoms with Gasteiger partial charge in [-0.3, -0.25) is 0 Å². The Bertz CT molecular complexity index is 672. The second-order valence-corrected chi connectivity index (χ2v) is 6.87. The zero-order valence-corrected chi connectivity index (χ0v) is 15.8. The summed E-state index contributed by atoms with van der Waals surface area (Å²) in [7, 11) is 1.98. The van der Waals surface area contributed by atoms with Gasteiger partial charge in [-0.1, -0.05) is 0 Å². The standard InChI is InChI=1S/C20H31N5O/c1-21-8-2-9-22-10-3-13-26-17-4-5-18-19(14-17)24-15-25-20(18)16-6-11-23-12-7-16/h4-5,14-16,21-23H,2-3,6-13H2,1H3. The average molecular weight is 358 g/mol. The van der Waals surface area contributed by atoms with E-state index >= 15 is 0 Å². The highest BCUT2D eigenvalue weighted by Gasteiger charge is 2.19. The molecule has 0 bridgehead atoms. The minimum atomic E-state index is 0.530. The van der Waals surface area contributed by atoms with Crippen LogP contribution in [0.25, 0.3) is 10.9 Å². The van der Waals surface area contributed by atoms with E-state index in [4.69, 9.17) is 4.74 Å². The Kier molecular flexibility index (Phi) is 7.61. The molecule has 0 unspecified atom stereocenters. The topological polar surface area (TPSA) is 71.1 Å². The van der Waals surface area contributed by atoms with Crippen LogP contribution < -0.4 is 20.7 Å². The molecule has 1 aromatic carbocycles. The van der Waals surface area contributed by atoms with Crippen molar-refractivity contribution in [3.05, 3.63) is 30.2 Å². The smallest absolute Gasteiger partial charge is 0.121 e. The van der Waals surface area contributed by atoms with E-state index in [2.05, 4.69) is 38.1 Å². The van der Waals surface area contributed by atoms with E-state index in [1.807, 2.05) is 13.1 Å². The van der Waals surface area contributed by atoms with Crippen molar-refractivity contribution in [2.45, 2.75) is 31.6 Å². The molecule has 6 nitrogen and oxygen atoms in total. The highest BCUT2D eigenvalue weighted by atomic mass is 16.5. The van der Waals surface area contributed by atoms with Gasteiger partial charge in [-0.25, -0.2) is 9.97 Å². The number of nitrogens with zero attached hydrogens (tertiary/aromatic N) is 2. The number of rotatable bonds is 10. The van der Waals surface area contributed by atoms with Gasteiger partial charge in [0.25, 0.3) is 0 Å². The summed E-state index contributed by atoms with van der Waals surface area (Å²) in [5, 5.41) is 11.2. The molecule has 6 heteroatoms. The van der Waals surface area contributed by atoms with Crippen LogP contribution in [0.15, 0.2) is 24.5 Å². The van der Waals surface area contributed by atoms with Crippen molar-refractivity contribution in [2.75, 3.05) is 46.4 Å². The monoisotopic (exact) mass is 357 g/mol. The maximum absolute atomic E-state index is 5.90. The van der Waals surface area contributed by atoms with Gasteiger partial charge in [0, 0.05) is 17.4 Å². The van der Waals surface area contributed by atoms with E-state index in [9.17, 15) is 0 Å². The number of nitrogens with one attached hydrogen (secondary N) is 3. The molecule has 0 spiro atoms. The van der Waals surface area contributed by atoms with E-state index in [-0.39, 0.29) is 0 Å². The van der Waals surface area contributed by atoms with Gasteiger partial charge in [-0.15, -0.1) is 0 Å². The van der Waals surface area contributed by atoms with Crippen LogP contribution in [0.1, 0.15) is 37.3 Å². The van der Waals surface area contributed by atoms with Crippen molar-refractivity contribution >= 4 is 10.9 Å². The van der Waals surface area contributed by atoms with Crippen molar-refractivity contribution < 1.29 is 4.74 Å². The third-order valence-electron chi connectivity index (χ3n) is 4.91. The molecule has 142 valence electrons. The number of hydrogen-bond acceptors (Lipinski definition) is 6. The first-order valence-electron chi connectivity index (χ1n) is 9.82. The molecular formula is C20H31N5O. The number of fused-ring (bicyclic) bond motifs is 1. The zero-order valence-electron chi connectivity index (χ0n) is 15.8. The predicted molar refractivity (Wildman–Crippen MR) is 106 cm³/mol. The van der Waals surface area contributed by atoms with Crippen LogP contribution in [0.5, 0.6) is 5.75 Å². The van der Waals surface area contributed by atoms with E-state index in [1.165, 1.54) is 5.69 Å². The van der Waals surface area contributed by atoms with Crippen molar-refractivity contribution in [3.8, 4) is 5.75 Å². The first-order chi connectivity index (χ1) is 12.9. The summed E-state index contributed by atoms with van der Waals surface area (Å²) in [5.74, 6) is 1.42. The fourth-order valence-corrected chi connectivity index (χ4v) is 3.47. The van der Waals surface area contributed by atoms with Crippen LogP contribution in [-0.4, -0.2) is 56.3 Å². The van der Waals surface area contributed by atoms with E-state index in [0.29, 0.717) is 5.92 Å². The van der Waals surface area contributed by atoms with Crippen LogP contribution in [0.3, 0.4) is 0 Å². The Hall–Kier alpha value is -1.76. The second-order valence-electron chi connectivity index (χ2n) is 6.87. The lowest BCUT2D eigenvalue weighted by Crippen LogP contribution is -2.27. The second kappa shape index (κ2) is 10.4. The predicted octanol–water partition coefficient (Wildman–Crippen LogP) is 2.06. The molecule has 0 atom stereocenters. The minimum absolute atomic E-state index is 0.530. The first kappa shape index (κ1) is 19.0. The Morgan fingerprint density at radius 1 is 1.12 bits per heavy atom. The van der Waals surface area contributed by atoms with Gasteiger partial charge in [-0.2, -0.15) is 0 Å². The van der Waals surface area contributed by atoms with Gasteiger partial charge in [0.05, 0.1) is 17.8 Å². The molecule has 3 rings (SSSR count). The molecule has 0 amide bonds. The molecule has 26 heavy (non-hydrogen) atoms. The first-order valence-corrected chi connectivity index (χ1v) is 9.82. The molecule has 0 saturated carbocycles. The normalized spacial score (nSPS) is 15.4. The van der Waals surface area contributed by atoms with Crippen LogP contribution >= 0.6 is 0 Å². The summed E-state index contributed by atoms with van der Waals surface area (Å²) in [6, 6.07) is 6.22. The van der Waals surface area contributed by atoms with Crippen LogP contribution in [0.2, 0.25) is 0 Å². The van der Waals surface area contributed by atoms with Gasteiger partial charge >= 0.3 is 0 Å². The van der Waals surface area contributed by atoms with Crippen molar-refractivity contribution in [1.82, 2.24) is 25.9 Å². The third kappa shape index (κ3) is 5.37. The highest BCUT2D eigenvalue weighted by molar-refractivity contribution is 5.82. The molecule has 1 aliphatic heterocycles. The lowest BCUT2D eigenvalue weighted by atomic mass is 9.92. The lowest BCUT2D eigenvalue weighted by molar-refractivity contribution is 0.308. The quantitative estimate of drug-likeness (QED) is 0.566. The average Bonchev–Trinajstić information content (AvgIpc) is 2.70. The Morgan fingerprint density at radius 2 is 1.96 bits per heavy atom. The lowest BCUT2D eigenvalue weighted by Gasteiger charge is -2.23. The maximum atomic E-state index is 5.90. The largest absolute Gasteiger partial charge is 0.493 e. The Labute approximate surface area is 156 Å². The molecule has 3 N–H and O–H groups in total. The van der Waals surface area contributed by atoms with Gasteiger partial charge in [0.1, 0.15) is 12.1 Å². The summed E-state index contributed by atoms with van der Waals surface area (Å²) < 4.78 is 5.90. The zero-order chi connectivity index (χ0) is 18.0. The molecule has 1 saturated heterocycles. The molecule has 0 radical (unpaired) electrons. The van der Waals surface area contributed by atoms with Crippen LogP contribution in [0.4, 0.5) is 0 Å².